The molecule has 3 atom stereocenters. The third kappa shape index (κ3) is 3.58. The van der Waals surface area contributed by atoms with Crippen LogP contribution >= 0.6 is 0 Å². The molecule has 1 fully saturated rings. The molecule has 2 N–H and O–H groups in total. The summed E-state index contributed by atoms with van der Waals surface area (Å²) in [4.78, 5) is 0. The number of rotatable bonds is 3. The summed E-state index contributed by atoms with van der Waals surface area (Å²) in [6, 6.07) is 34.2. The van der Waals surface area contributed by atoms with Gasteiger partial charge in [0.15, 0.2) is 5.60 Å². The molecule has 3 heteroatoms. The smallest absolute Gasteiger partial charge is 0.178 e. The minimum absolute atomic E-state index is 0.475. The van der Waals surface area contributed by atoms with E-state index in [-0.39, 0.29) is 0 Å². The molecule has 0 spiro atoms. The third-order valence-corrected chi connectivity index (χ3v) is 9.60. The Morgan fingerprint density at radius 2 is 1.51 bits per heavy atom. The molecule has 3 unspecified atom stereocenters. The largest absolute Gasteiger partial charge is 0.497 e. The molecule has 5 aromatic rings. The molecular weight excluding hydrogens is 502 g/mol. The maximum absolute atomic E-state index is 7.39. The molecule has 2 aliphatic carbocycles. The van der Waals surface area contributed by atoms with E-state index in [4.69, 9.17) is 15.2 Å². The number of fused-ring (bicyclic) bond motifs is 11. The first kappa shape index (κ1) is 24.3. The van der Waals surface area contributed by atoms with Crippen LogP contribution in [0.5, 0.6) is 11.5 Å². The maximum atomic E-state index is 7.39. The fourth-order valence-corrected chi connectivity index (χ4v) is 7.74. The highest BCUT2D eigenvalue weighted by Crippen LogP contribution is 2.59. The summed E-state index contributed by atoms with van der Waals surface area (Å²) in [5.74, 6) is 2.78. The molecule has 3 aliphatic rings. The summed E-state index contributed by atoms with van der Waals surface area (Å²) in [5, 5.41) is 2.31. The Balaban J connectivity index is 1.46. The van der Waals surface area contributed by atoms with Crippen molar-refractivity contribution in [2.45, 2.75) is 43.1 Å². The molecule has 0 amide bonds. The van der Waals surface area contributed by atoms with Gasteiger partial charge in [-0.25, -0.2) is 0 Å². The van der Waals surface area contributed by atoms with Gasteiger partial charge in [-0.3, -0.25) is 0 Å². The van der Waals surface area contributed by atoms with E-state index in [1.165, 1.54) is 58.9 Å². The zero-order valence-corrected chi connectivity index (χ0v) is 23.3. The molecule has 202 valence electrons. The first-order chi connectivity index (χ1) is 20.2. The van der Waals surface area contributed by atoms with E-state index >= 15 is 0 Å². The van der Waals surface area contributed by atoms with Gasteiger partial charge in [0.2, 0.25) is 0 Å². The van der Waals surface area contributed by atoms with Gasteiger partial charge in [0.05, 0.1) is 7.11 Å². The normalized spacial score (nSPS) is 22.2. The summed E-state index contributed by atoms with van der Waals surface area (Å²) >= 11 is 0. The minimum atomic E-state index is -0.787. The monoisotopic (exact) mass is 535 g/mol. The number of benzene rings is 5. The van der Waals surface area contributed by atoms with Crippen molar-refractivity contribution < 1.29 is 9.47 Å². The van der Waals surface area contributed by atoms with Crippen LogP contribution in [0.4, 0.5) is 5.69 Å². The lowest BCUT2D eigenvalue weighted by atomic mass is 9.63. The predicted octanol–water partition coefficient (Wildman–Crippen LogP) is 9.20. The fraction of sp³-hybridized carbons (Fsp3) is 0.211. The zero-order chi connectivity index (χ0) is 27.6. The van der Waals surface area contributed by atoms with Crippen LogP contribution in [0.15, 0.2) is 103 Å². The number of methoxy groups -OCH3 is 1. The molecule has 1 saturated carbocycles. The number of nitrogen functional groups attached to an aromatic ring is 1. The fourth-order valence-electron chi connectivity index (χ4n) is 7.74. The lowest BCUT2D eigenvalue weighted by Crippen LogP contribution is -2.35. The van der Waals surface area contributed by atoms with Crippen LogP contribution in [0.3, 0.4) is 0 Å². The molecule has 0 radical (unpaired) electrons. The zero-order valence-electron chi connectivity index (χ0n) is 23.3. The molecule has 0 saturated heterocycles. The van der Waals surface area contributed by atoms with Crippen LogP contribution in [0.2, 0.25) is 0 Å². The number of hydrogen-bond donors (Lipinski definition) is 1. The van der Waals surface area contributed by atoms with Crippen molar-refractivity contribution in [2.75, 3.05) is 12.8 Å². The minimum Gasteiger partial charge on any atom is -0.497 e. The van der Waals surface area contributed by atoms with Crippen molar-refractivity contribution in [3.63, 3.8) is 0 Å². The van der Waals surface area contributed by atoms with E-state index < -0.39 is 5.60 Å². The van der Waals surface area contributed by atoms with Gasteiger partial charge in [-0.2, -0.15) is 0 Å². The molecule has 3 nitrogen and oxygen atoms in total. The average Bonchev–Trinajstić information content (AvgIpc) is 3.04. The van der Waals surface area contributed by atoms with Gasteiger partial charge in [-0.05, 0) is 88.7 Å². The van der Waals surface area contributed by atoms with Gasteiger partial charge in [0.1, 0.15) is 11.5 Å². The topological polar surface area (TPSA) is 44.5 Å². The van der Waals surface area contributed by atoms with Gasteiger partial charge in [-0.15, -0.1) is 0 Å². The Kier molecular flexibility index (Phi) is 5.50. The molecule has 0 aromatic heterocycles. The summed E-state index contributed by atoms with van der Waals surface area (Å²) in [7, 11) is 1.73. The number of nitrogens with two attached hydrogens (primary N) is 1. The molecular formula is C38H33NO2. The summed E-state index contributed by atoms with van der Waals surface area (Å²) in [6.45, 7) is 0. The van der Waals surface area contributed by atoms with Gasteiger partial charge in [0, 0.05) is 27.8 Å². The summed E-state index contributed by atoms with van der Waals surface area (Å²) in [6.07, 6.45) is 9.61. The predicted molar refractivity (Wildman–Crippen MR) is 168 cm³/mol. The lowest BCUT2D eigenvalue weighted by molar-refractivity contribution is 0.163. The van der Waals surface area contributed by atoms with E-state index in [0.717, 1.165) is 33.7 Å². The van der Waals surface area contributed by atoms with Crippen LogP contribution in [-0.2, 0) is 5.60 Å². The quantitative estimate of drug-likeness (QED) is 0.234. The van der Waals surface area contributed by atoms with Crippen LogP contribution < -0.4 is 15.2 Å². The highest BCUT2D eigenvalue weighted by molar-refractivity contribution is 6.07. The molecule has 1 aliphatic heterocycles. The summed E-state index contributed by atoms with van der Waals surface area (Å²) < 4.78 is 13.2. The first-order valence-electron chi connectivity index (χ1n) is 14.7. The summed E-state index contributed by atoms with van der Waals surface area (Å²) in [5.41, 5.74) is 15.1. The maximum Gasteiger partial charge on any atom is 0.178 e. The van der Waals surface area contributed by atoms with Gasteiger partial charge >= 0.3 is 0 Å². The Labute approximate surface area is 241 Å². The van der Waals surface area contributed by atoms with Crippen molar-refractivity contribution in [1.82, 2.24) is 0 Å². The van der Waals surface area contributed by atoms with Crippen molar-refractivity contribution in [1.29, 1.82) is 0 Å². The first-order valence-corrected chi connectivity index (χ1v) is 14.7. The Hall–Kier alpha value is -4.50. The molecule has 1 heterocycles. The van der Waals surface area contributed by atoms with Crippen molar-refractivity contribution in [3.05, 3.63) is 131 Å². The SMILES string of the molecule is COc1ccc2c3c(c4c(c2c1)OC(c1ccccc1)(c1ccc(N)cc1)C=C4)C1CCCCC1c1ccccc1-3. The van der Waals surface area contributed by atoms with Crippen LogP contribution in [0.25, 0.3) is 28.0 Å². The van der Waals surface area contributed by atoms with E-state index in [9.17, 15) is 0 Å². The molecule has 8 rings (SSSR count). The van der Waals surface area contributed by atoms with Crippen molar-refractivity contribution in [3.8, 4) is 22.6 Å². The number of hydrogen-bond acceptors (Lipinski definition) is 3. The van der Waals surface area contributed by atoms with Crippen LogP contribution in [-0.4, -0.2) is 7.11 Å². The van der Waals surface area contributed by atoms with Gasteiger partial charge < -0.3 is 15.2 Å². The number of ether oxygens (including phenoxy) is 2. The molecule has 41 heavy (non-hydrogen) atoms. The second-order valence-corrected chi connectivity index (χ2v) is 11.7. The average molecular weight is 536 g/mol. The molecule has 0 bridgehead atoms. The second kappa shape index (κ2) is 9.27. The number of anilines is 1. The van der Waals surface area contributed by atoms with E-state index in [1.54, 1.807) is 7.11 Å². The van der Waals surface area contributed by atoms with E-state index in [1.807, 2.05) is 12.1 Å². The highest BCUT2D eigenvalue weighted by atomic mass is 16.5. The highest BCUT2D eigenvalue weighted by Gasteiger charge is 2.43. The third-order valence-electron chi connectivity index (χ3n) is 9.60. The van der Waals surface area contributed by atoms with Crippen molar-refractivity contribution in [2.24, 2.45) is 0 Å². The van der Waals surface area contributed by atoms with Gasteiger partial charge in [0.25, 0.3) is 0 Å². The van der Waals surface area contributed by atoms with Crippen molar-refractivity contribution >= 4 is 22.5 Å². The van der Waals surface area contributed by atoms with Crippen LogP contribution in [0, 0.1) is 0 Å². The Morgan fingerprint density at radius 3 is 2.32 bits per heavy atom. The Morgan fingerprint density at radius 1 is 0.780 bits per heavy atom. The van der Waals surface area contributed by atoms with Crippen LogP contribution in [0.1, 0.15) is 65.3 Å². The van der Waals surface area contributed by atoms with E-state index in [0.29, 0.717) is 11.8 Å². The van der Waals surface area contributed by atoms with Gasteiger partial charge in [-0.1, -0.05) is 85.6 Å². The molecule has 5 aromatic carbocycles. The lowest BCUT2D eigenvalue weighted by Gasteiger charge is -2.43. The Bertz CT molecular complexity index is 1820. The second-order valence-electron chi connectivity index (χ2n) is 11.7. The standard InChI is InChI=1S/C38H33NO2/c1-40-27-19-20-32-34(23-27)37-33(36-31-14-8-6-12-29(31)28-11-5-7-13-30(28)35(32)36)21-22-38(41-37,24-9-3-2-4-10-24)25-15-17-26(39)18-16-25/h2-5,7,9-11,13,15-23,29,31H,6,8,12,14,39H2,1H3. The van der Waals surface area contributed by atoms with E-state index in [2.05, 4.69) is 97.1 Å².